The zero-order valence-corrected chi connectivity index (χ0v) is 27.4. The summed E-state index contributed by atoms with van der Waals surface area (Å²) in [4.78, 5) is 14.4. The highest BCUT2D eigenvalue weighted by Crippen LogP contribution is 2.44. The monoisotopic (exact) mass is 661 g/mol. The molecule has 0 saturated heterocycles. The third-order valence-electron chi connectivity index (χ3n) is 9.58. The Kier molecular flexibility index (Phi) is 7.55. The number of carbonyl (C=O) groups excluding carboxylic acids is 1. The van der Waals surface area contributed by atoms with Crippen LogP contribution >= 0.6 is 0 Å². The number of amides is 2. The number of benzene rings is 4. The van der Waals surface area contributed by atoms with Crippen LogP contribution in [-0.4, -0.2) is 32.3 Å². The molecule has 2 aliphatic carbocycles. The average Bonchev–Trinajstić information content (AvgIpc) is 3.89. The number of hydrogen-bond acceptors (Lipinski definition) is 5. The zero-order chi connectivity index (χ0) is 32.9. The lowest BCUT2D eigenvalue weighted by atomic mass is 9.78. The molecule has 0 radical (unpaired) electrons. The Bertz CT molecular complexity index is 2030. The fourth-order valence-electron chi connectivity index (χ4n) is 7.50. The predicted octanol–water partition coefficient (Wildman–Crippen LogP) is 7.15. The van der Waals surface area contributed by atoms with E-state index in [1.54, 1.807) is 4.68 Å². The van der Waals surface area contributed by atoms with Gasteiger partial charge in [-0.25, -0.2) is 22.8 Å². The Morgan fingerprint density at radius 2 is 1.54 bits per heavy atom. The Balaban J connectivity index is 1.34. The topological polar surface area (TPSA) is 97.6 Å². The molecule has 0 saturated carbocycles. The number of ether oxygens (including phenoxy) is 1. The van der Waals surface area contributed by atoms with Gasteiger partial charge in [-0.3, -0.25) is 0 Å². The first-order valence-electron chi connectivity index (χ1n) is 16.4. The van der Waals surface area contributed by atoms with Gasteiger partial charge >= 0.3 is 6.03 Å². The van der Waals surface area contributed by atoms with E-state index in [1.807, 2.05) is 97.9 Å². The third kappa shape index (κ3) is 5.15. The van der Waals surface area contributed by atoms with Gasteiger partial charge in [0.1, 0.15) is 22.7 Å². The van der Waals surface area contributed by atoms with Gasteiger partial charge in [0, 0.05) is 18.5 Å². The fraction of sp³-hybridized carbons (Fsp3) is 0.263. The Labute approximate surface area is 279 Å². The number of urea groups is 1. The van der Waals surface area contributed by atoms with Crippen LogP contribution in [0.2, 0.25) is 0 Å². The number of aromatic nitrogens is 2. The molecular weight excluding hydrogens is 626 g/mol. The predicted molar refractivity (Wildman–Crippen MR) is 183 cm³/mol. The van der Waals surface area contributed by atoms with Gasteiger partial charge in [0.15, 0.2) is 9.92 Å². The fourth-order valence-corrected chi connectivity index (χ4v) is 9.34. The molecule has 10 heteroatoms. The van der Waals surface area contributed by atoms with E-state index in [-0.39, 0.29) is 17.4 Å². The van der Waals surface area contributed by atoms with Crippen molar-refractivity contribution in [3.8, 4) is 5.88 Å². The molecule has 48 heavy (non-hydrogen) atoms. The van der Waals surface area contributed by atoms with Crippen molar-refractivity contribution in [3.63, 3.8) is 0 Å². The number of rotatable bonds is 7. The summed E-state index contributed by atoms with van der Waals surface area (Å²) in [5.74, 6) is 0.307. The SMILES string of the molecule is C[C@@H]1Cn2ncc(S(=O)(=NC(c3ccccc3)(c3ccccc3)c3ccccc3)NC(=O)Nc3c4c(cc5c3C[C@@H](F)C5)CCC4)c2O1. The number of fused-ring (bicyclic) bond motifs is 3. The van der Waals surface area contributed by atoms with Gasteiger partial charge < -0.3 is 10.1 Å². The van der Waals surface area contributed by atoms with Crippen LogP contribution in [-0.2, 0) is 47.7 Å². The summed E-state index contributed by atoms with van der Waals surface area (Å²) in [5.41, 5.74) is 5.52. The highest BCUT2D eigenvalue weighted by molar-refractivity contribution is 7.92. The molecule has 1 aromatic heterocycles. The molecule has 4 aromatic carbocycles. The highest BCUT2D eigenvalue weighted by Gasteiger charge is 2.41. The molecule has 2 N–H and O–H groups in total. The van der Waals surface area contributed by atoms with Crippen molar-refractivity contribution in [2.45, 2.75) is 68.3 Å². The number of carbonyl (C=O) groups is 1. The first-order chi connectivity index (χ1) is 23.3. The number of aryl methyl sites for hydroxylation is 1. The molecule has 5 aromatic rings. The minimum absolute atomic E-state index is 0.182. The van der Waals surface area contributed by atoms with Crippen molar-refractivity contribution in [1.29, 1.82) is 0 Å². The van der Waals surface area contributed by atoms with Gasteiger partial charge in [-0.15, -0.1) is 0 Å². The van der Waals surface area contributed by atoms with Gasteiger partial charge in [-0.1, -0.05) is 97.1 Å². The molecule has 3 atom stereocenters. The number of halogens is 1. The first kappa shape index (κ1) is 30.4. The molecule has 3 aliphatic rings. The minimum Gasteiger partial charge on any atom is -0.472 e. The Morgan fingerprint density at radius 3 is 2.17 bits per heavy atom. The van der Waals surface area contributed by atoms with Crippen LogP contribution < -0.4 is 14.8 Å². The zero-order valence-electron chi connectivity index (χ0n) is 26.6. The Morgan fingerprint density at radius 1 is 0.917 bits per heavy atom. The van der Waals surface area contributed by atoms with Crippen LogP contribution in [0.25, 0.3) is 0 Å². The van der Waals surface area contributed by atoms with Gasteiger partial charge in [0.05, 0.1) is 12.7 Å². The standard InChI is InChI=1S/C38H36FN5O3S/c1-25-24-44-36(47-25)34(23-40-44)48(46,42-37(45)41-35-32-19-11-12-26(32)20-27-21-31(39)22-33(27)35)43-38(28-13-5-2-6-14-28,29-15-7-3-8-16-29)30-17-9-4-10-18-30/h2-10,13-18,20,23,25,31H,11-12,19,21-22,24H2,1H3,(H2,41,42,43,45,46)/t25-,31+,48?/m1/s1. The summed E-state index contributed by atoms with van der Waals surface area (Å²) in [5, 5.41) is 7.53. The van der Waals surface area contributed by atoms with Crippen LogP contribution in [0.4, 0.5) is 14.9 Å². The quantitative estimate of drug-likeness (QED) is 0.181. The van der Waals surface area contributed by atoms with Crippen LogP contribution in [0.5, 0.6) is 5.88 Å². The van der Waals surface area contributed by atoms with Crippen molar-refractivity contribution in [2.75, 3.05) is 5.32 Å². The molecule has 1 unspecified atom stereocenters. The van der Waals surface area contributed by atoms with Crippen molar-refractivity contribution < 1.29 is 18.1 Å². The highest BCUT2D eigenvalue weighted by atomic mass is 32.2. The second kappa shape index (κ2) is 11.9. The van der Waals surface area contributed by atoms with Crippen molar-refractivity contribution >= 4 is 21.6 Å². The lowest BCUT2D eigenvalue weighted by molar-refractivity contribution is 0.248. The summed E-state index contributed by atoms with van der Waals surface area (Å²) in [7, 11) is -3.85. The van der Waals surface area contributed by atoms with Gasteiger partial charge in [-0.05, 0) is 65.1 Å². The van der Waals surface area contributed by atoms with Crippen LogP contribution in [0.3, 0.4) is 0 Å². The number of anilines is 1. The molecular formula is C38H36FN5O3S. The number of nitrogens with zero attached hydrogens (tertiary/aromatic N) is 3. The van der Waals surface area contributed by atoms with Gasteiger partial charge in [-0.2, -0.15) is 9.46 Å². The lowest BCUT2D eigenvalue weighted by Gasteiger charge is -2.33. The summed E-state index contributed by atoms with van der Waals surface area (Å²) in [6.45, 7) is 2.39. The smallest absolute Gasteiger partial charge is 0.331 e. The minimum atomic E-state index is -3.85. The molecule has 8 nitrogen and oxygen atoms in total. The van der Waals surface area contributed by atoms with E-state index in [2.05, 4.69) is 21.2 Å². The van der Waals surface area contributed by atoms with E-state index >= 15 is 4.21 Å². The summed E-state index contributed by atoms with van der Waals surface area (Å²) in [6, 6.07) is 30.4. The van der Waals surface area contributed by atoms with Crippen LogP contribution in [0.1, 0.15) is 52.3 Å². The number of alkyl halides is 1. The van der Waals surface area contributed by atoms with E-state index in [0.717, 1.165) is 58.2 Å². The van der Waals surface area contributed by atoms with E-state index in [0.29, 0.717) is 24.5 Å². The number of nitrogens with one attached hydrogen (secondary N) is 2. The van der Waals surface area contributed by atoms with Crippen LogP contribution in [0.15, 0.2) is 113 Å². The maximum atomic E-state index is 15.8. The summed E-state index contributed by atoms with van der Waals surface area (Å²) >= 11 is 0. The van der Waals surface area contributed by atoms with E-state index in [4.69, 9.17) is 9.10 Å². The molecule has 8 rings (SSSR count). The van der Waals surface area contributed by atoms with Crippen molar-refractivity contribution in [2.24, 2.45) is 4.36 Å². The van der Waals surface area contributed by atoms with Gasteiger partial charge in [0.25, 0.3) is 0 Å². The Hall–Kier alpha value is -4.96. The molecule has 2 amide bonds. The molecule has 1 aliphatic heterocycles. The summed E-state index contributed by atoms with van der Waals surface area (Å²) < 4.78 is 46.4. The second-order valence-electron chi connectivity index (χ2n) is 12.8. The van der Waals surface area contributed by atoms with E-state index < -0.39 is 27.7 Å². The molecule has 244 valence electrons. The third-order valence-corrected chi connectivity index (χ3v) is 11.4. The van der Waals surface area contributed by atoms with E-state index in [1.165, 1.54) is 6.20 Å². The van der Waals surface area contributed by atoms with Crippen molar-refractivity contribution in [1.82, 2.24) is 14.5 Å². The normalized spacial score (nSPS) is 19.0. The summed E-state index contributed by atoms with van der Waals surface area (Å²) in [6.07, 6.45) is 3.48. The maximum Gasteiger partial charge on any atom is 0.331 e. The van der Waals surface area contributed by atoms with Crippen LogP contribution in [0, 0.1) is 0 Å². The number of hydrogen-bond donors (Lipinski definition) is 2. The maximum absolute atomic E-state index is 15.8. The van der Waals surface area contributed by atoms with Crippen molar-refractivity contribution in [3.05, 3.63) is 142 Å². The largest absolute Gasteiger partial charge is 0.472 e. The second-order valence-corrected chi connectivity index (χ2v) is 14.7. The first-order valence-corrected chi connectivity index (χ1v) is 17.9. The molecule has 2 heterocycles. The lowest BCUT2D eigenvalue weighted by Crippen LogP contribution is -2.38. The molecule has 0 spiro atoms. The van der Waals surface area contributed by atoms with E-state index in [9.17, 15) is 9.18 Å². The molecule has 0 fully saturated rings. The average molecular weight is 662 g/mol. The molecule has 0 bridgehead atoms. The van der Waals surface area contributed by atoms with Gasteiger partial charge in [0.2, 0.25) is 5.88 Å².